The van der Waals surface area contributed by atoms with E-state index in [9.17, 15) is 0 Å². The van der Waals surface area contributed by atoms with Crippen LogP contribution in [0.2, 0.25) is 0 Å². The van der Waals surface area contributed by atoms with Crippen molar-refractivity contribution >= 4 is 11.4 Å². The van der Waals surface area contributed by atoms with Gasteiger partial charge < -0.3 is 19.6 Å². The van der Waals surface area contributed by atoms with Gasteiger partial charge in [-0.2, -0.15) is 61.9 Å². The SMILES string of the molecule is CN1C=CN(c2[c-]cc(C#N)cc2)[CH-]1.CN1C=CN(c2[c-]cccc2)[CH-]1.[Lr]. The second-order valence-electron chi connectivity index (χ2n) is 5.79. The molecule has 0 spiro atoms. The number of nitriles is 1. The fourth-order valence-corrected chi connectivity index (χ4v) is 2.38. The molecule has 0 saturated carbocycles. The van der Waals surface area contributed by atoms with E-state index in [2.05, 4.69) is 18.2 Å². The van der Waals surface area contributed by atoms with Crippen LogP contribution in [0.25, 0.3) is 0 Å². The third-order valence-electron chi connectivity index (χ3n) is 3.71. The van der Waals surface area contributed by atoms with Gasteiger partial charge in [-0.1, -0.05) is 5.56 Å². The molecule has 2 aromatic rings. The van der Waals surface area contributed by atoms with Gasteiger partial charge in [-0.15, -0.1) is 17.4 Å². The first-order chi connectivity index (χ1) is 12.7. The molecule has 0 fully saturated rings. The summed E-state index contributed by atoms with van der Waals surface area (Å²) in [6.07, 6.45) is 7.90. The molecule has 0 saturated heterocycles. The molecule has 0 N–H and O–H groups in total. The van der Waals surface area contributed by atoms with Crippen molar-refractivity contribution in [2.45, 2.75) is 0 Å². The molecule has 2 aromatic carbocycles. The number of hydrogen-bond donors (Lipinski definition) is 0. The average molecular weight is 603 g/mol. The van der Waals surface area contributed by atoms with E-state index in [0.717, 1.165) is 11.4 Å². The molecule has 0 amide bonds. The minimum absolute atomic E-state index is 0. The monoisotopic (exact) mass is 603 g/mol. The summed E-state index contributed by atoms with van der Waals surface area (Å²) >= 11 is 0. The first-order valence-electron chi connectivity index (χ1n) is 8.11. The smallest absolute Gasteiger partial charge is 0.0307 e. The molecule has 27 heavy (non-hydrogen) atoms. The van der Waals surface area contributed by atoms with Crippen molar-refractivity contribution in [3.05, 3.63) is 98.3 Å². The van der Waals surface area contributed by atoms with Crippen molar-refractivity contribution in [2.75, 3.05) is 23.9 Å². The standard InChI is InChI=1S/C11H9N3.C10H10N2.Lr/c1-13-6-7-14(9-13)11-4-2-10(8-12)3-5-11;1-11-7-8-12(9-11)10-5-3-2-4-6-10;/h2-4,6-7,9H,1H3;2-5,7-9H,1H3;/q2*-2;. The first-order valence-corrected chi connectivity index (χ1v) is 8.11. The number of benzene rings is 2. The average Bonchev–Trinajstić information content (AvgIpc) is 3.32. The number of hydrogen-bond acceptors (Lipinski definition) is 5. The fourth-order valence-electron chi connectivity index (χ4n) is 2.38. The first kappa shape index (κ1) is 18.9. The van der Waals surface area contributed by atoms with Gasteiger partial charge in [0.1, 0.15) is 0 Å². The van der Waals surface area contributed by atoms with Gasteiger partial charge in [-0.05, 0) is 38.9 Å². The number of para-hydroxylation sites is 1. The maximum atomic E-state index is 8.62. The largest absolute Gasteiger partial charge is 0.510 e. The summed E-state index contributed by atoms with van der Waals surface area (Å²) in [6.45, 7) is 3.95. The predicted octanol–water partition coefficient (Wildman–Crippen LogP) is 3.53. The van der Waals surface area contributed by atoms with Gasteiger partial charge in [0.2, 0.25) is 0 Å². The van der Waals surface area contributed by atoms with E-state index in [-0.39, 0.29) is 0 Å². The van der Waals surface area contributed by atoms with Crippen LogP contribution >= 0.6 is 0 Å². The zero-order valence-electron chi connectivity index (χ0n) is 15.0. The summed E-state index contributed by atoms with van der Waals surface area (Å²) in [5.74, 6) is 0. The molecule has 2 aliphatic heterocycles. The van der Waals surface area contributed by atoms with Gasteiger partial charge in [0.05, 0.1) is 0 Å². The van der Waals surface area contributed by atoms with E-state index in [1.54, 1.807) is 12.1 Å². The molecule has 1 radical (unpaired) electrons. The van der Waals surface area contributed by atoms with E-state index in [1.165, 1.54) is 0 Å². The molecule has 2 aliphatic rings. The quantitative estimate of drug-likeness (QED) is 0.492. The molecular formula is C21H19LrN5-4. The van der Waals surface area contributed by atoms with Gasteiger partial charge >= 0.3 is 0 Å². The van der Waals surface area contributed by atoms with Crippen molar-refractivity contribution < 1.29 is 0 Å². The molecule has 6 heteroatoms. The van der Waals surface area contributed by atoms with Crippen LogP contribution in [-0.2, 0) is 0 Å². The van der Waals surface area contributed by atoms with Crippen LogP contribution < -0.4 is 9.80 Å². The Morgan fingerprint density at radius 2 is 1.48 bits per heavy atom. The van der Waals surface area contributed by atoms with Gasteiger partial charge in [0.15, 0.2) is 0 Å². The molecule has 0 unspecified atom stereocenters. The summed E-state index contributed by atoms with van der Waals surface area (Å²) in [5.41, 5.74) is 2.63. The maximum absolute atomic E-state index is 8.62. The van der Waals surface area contributed by atoms with Crippen LogP contribution in [0, 0.1) is 36.8 Å². The molecular weight excluding hydrogens is 584 g/mol. The Labute approximate surface area is 155 Å². The Hall–Kier alpha value is -4.39. The number of rotatable bonds is 2. The molecule has 0 aliphatic carbocycles. The van der Waals surface area contributed by atoms with Crippen molar-refractivity contribution in [1.82, 2.24) is 9.80 Å². The molecule has 147 valence electrons. The Balaban J connectivity index is 0.000000189. The van der Waals surface area contributed by atoms with Crippen LogP contribution in [0.15, 0.2) is 67.3 Å². The summed E-state index contributed by atoms with van der Waals surface area (Å²) < 4.78 is 0. The Morgan fingerprint density at radius 3 is 1.89 bits per heavy atom. The second-order valence-corrected chi connectivity index (χ2v) is 5.79. The third-order valence-corrected chi connectivity index (χ3v) is 3.71. The zero-order chi connectivity index (χ0) is 18.4. The minimum Gasteiger partial charge on any atom is -0.510 e. The van der Waals surface area contributed by atoms with Crippen LogP contribution in [0.5, 0.6) is 0 Å². The molecule has 5 nitrogen and oxygen atoms in total. The second kappa shape index (κ2) is 8.63. The Morgan fingerprint density at radius 1 is 0.852 bits per heavy atom. The molecule has 0 aromatic heterocycles. The molecule has 4 rings (SSSR count). The Kier molecular flexibility index (Phi) is 6.06. The maximum Gasteiger partial charge on any atom is 0.0307 e. The summed E-state index contributed by atoms with van der Waals surface area (Å²) in [4.78, 5) is 7.92. The van der Waals surface area contributed by atoms with Crippen LogP contribution in [-0.4, -0.2) is 23.9 Å². The normalized spacial score (nSPS) is 14.6. The predicted molar refractivity (Wildman–Crippen MR) is 103 cm³/mol. The molecule has 2 heterocycles. The fraction of sp³-hybridized carbons (Fsp3) is 0.0952. The van der Waals surface area contributed by atoms with Gasteiger partial charge in [0, 0.05) is 6.07 Å². The van der Waals surface area contributed by atoms with E-state index in [0.29, 0.717) is 5.56 Å². The topological polar surface area (TPSA) is 36.8 Å². The van der Waals surface area contributed by atoms with Crippen LogP contribution in [0.3, 0.4) is 0 Å². The number of nitrogens with zero attached hydrogens (tertiary/aromatic N) is 5. The Bertz CT molecular complexity index is 811. The van der Waals surface area contributed by atoms with Crippen molar-refractivity contribution in [3.8, 4) is 6.07 Å². The minimum atomic E-state index is 0. The van der Waals surface area contributed by atoms with Crippen LogP contribution in [0.1, 0.15) is 5.56 Å². The number of anilines is 2. The van der Waals surface area contributed by atoms with Crippen molar-refractivity contribution in [1.29, 1.82) is 5.26 Å². The van der Waals surface area contributed by atoms with E-state index >= 15 is 0 Å². The molecule has 0 atom stereocenters. The van der Waals surface area contributed by atoms with Crippen LogP contribution in [0.4, 0.5) is 11.4 Å². The zero-order valence-corrected chi connectivity index (χ0v) is 17.1. The summed E-state index contributed by atoms with van der Waals surface area (Å²) in [5, 5.41) is 8.62. The van der Waals surface area contributed by atoms with Gasteiger partial charge in [-0.25, -0.2) is 5.26 Å². The van der Waals surface area contributed by atoms with Gasteiger partial charge in [-0.3, -0.25) is 0 Å². The van der Waals surface area contributed by atoms with Crippen molar-refractivity contribution in [2.24, 2.45) is 0 Å². The third kappa shape index (κ3) is 4.80. The van der Waals surface area contributed by atoms with E-state index in [4.69, 9.17) is 5.26 Å². The van der Waals surface area contributed by atoms with Gasteiger partial charge in [0.25, 0.3) is 0 Å². The summed E-state index contributed by atoms with van der Waals surface area (Å²) in [7, 11) is 3.96. The molecule has 0 bridgehead atoms. The summed E-state index contributed by atoms with van der Waals surface area (Å²) in [6, 6.07) is 21.5. The van der Waals surface area contributed by atoms with E-state index in [1.807, 2.05) is 102 Å². The van der Waals surface area contributed by atoms with Crippen molar-refractivity contribution in [3.63, 3.8) is 0 Å². The van der Waals surface area contributed by atoms with E-state index < -0.39 is 0 Å².